The molecule has 2 aromatic rings. The molecule has 6 heteroatoms. The van der Waals surface area contributed by atoms with E-state index in [0.29, 0.717) is 25.3 Å². The van der Waals surface area contributed by atoms with Crippen molar-refractivity contribution in [2.45, 2.75) is 19.5 Å². The molecule has 0 saturated carbocycles. The van der Waals surface area contributed by atoms with Gasteiger partial charge in [-0.3, -0.25) is 9.89 Å². The van der Waals surface area contributed by atoms with Crippen LogP contribution in [0.15, 0.2) is 30.2 Å². The third-order valence-electron chi connectivity index (χ3n) is 3.57. The van der Waals surface area contributed by atoms with Crippen molar-refractivity contribution in [1.29, 1.82) is 0 Å². The predicted octanol–water partition coefficient (Wildman–Crippen LogP) is 1.95. The fourth-order valence-electron chi connectivity index (χ4n) is 2.52. The van der Waals surface area contributed by atoms with Crippen molar-refractivity contribution in [1.82, 2.24) is 20.4 Å². The van der Waals surface area contributed by atoms with E-state index in [1.807, 2.05) is 17.5 Å². The van der Waals surface area contributed by atoms with Crippen molar-refractivity contribution < 1.29 is 4.79 Å². The van der Waals surface area contributed by atoms with E-state index in [4.69, 9.17) is 0 Å². The van der Waals surface area contributed by atoms with Crippen LogP contribution in [-0.2, 0) is 19.5 Å². The maximum absolute atomic E-state index is 12.8. The molecule has 3 heterocycles. The van der Waals surface area contributed by atoms with Gasteiger partial charge in [0.25, 0.3) is 5.91 Å². The SMILES string of the molecule is C=CCN(Cc1cccs1)C(=O)c1n[nH]c2c1CNCC2. The van der Waals surface area contributed by atoms with Gasteiger partial charge in [-0.1, -0.05) is 12.1 Å². The Labute approximate surface area is 127 Å². The minimum atomic E-state index is -0.0375. The first-order chi connectivity index (χ1) is 10.3. The molecule has 1 aliphatic rings. The van der Waals surface area contributed by atoms with Gasteiger partial charge in [-0.2, -0.15) is 5.10 Å². The summed E-state index contributed by atoms with van der Waals surface area (Å²) in [5.41, 5.74) is 2.62. The number of nitrogens with one attached hydrogen (secondary N) is 2. The zero-order valence-electron chi connectivity index (χ0n) is 11.8. The van der Waals surface area contributed by atoms with Crippen LogP contribution in [-0.4, -0.2) is 34.1 Å². The molecule has 0 aliphatic carbocycles. The third kappa shape index (κ3) is 2.91. The van der Waals surface area contributed by atoms with Crippen LogP contribution in [0.3, 0.4) is 0 Å². The number of nitrogens with zero attached hydrogens (tertiary/aromatic N) is 2. The van der Waals surface area contributed by atoms with Crippen molar-refractivity contribution in [2.75, 3.05) is 13.1 Å². The second kappa shape index (κ2) is 6.24. The monoisotopic (exact) mass is 302 g/mol. The molecule has 2 aromatic heterocycles. The Bertz CT molecular complexity index is 632. The van der Waals surface area contributed by atoms with Gasteiger partial charge in [-0.25, -0.2) is 0 Å². The molecule has 0 atom stereocenters. The summed E-state index contributed by atoms with van der Waals surface area (Å²) < 4.78 is 0. The lowest BCUT2D eigenvalue weighted by Crippen LogP contribution is -2.32. The minimum absolute atomic E-state index is 0.0375. The lowest BCUT2D eigenvalue weighted by atomic mass is 10.1. The van der Waals surface area contributed by atoms with Gasteiger partial charge < -0.3 is 10.2 Å². The van der Waals surface area contributed by atoms with E-state index in [-0.39, 0.29) is 5.91 Å². The van der Waals surface area contributed by atoms with Crippen LogP contribution >= 0.6 is 11.3 Å². The Hall–Kier alpha value is -1.92. The summed E-state index contributed by atoms with van der Waals surface area (Å²) in [5.74, 6) is -0.0375. The predicted molar refractivity (Wildman–Crippen MR) is 83.3 cm³/mol. The van der Waals surface area contributed by atoms with Crippen LogP contribution in [0.25, 0.3) is 0 Å². The van der Waals surface area contributed by atoms with E-state index in [1.165, 1.54) is 0 Å². The molecule has 21 heavy (non-hydrogen) atoms. The average molecular weight is 302 g/mol. The van der Waals surface area contributed by atoms with Crippen LogP contribution < -0.4 is 5.32 Å². The number of rotatable bonds is 5. The fourth-order valence-corrected chi connectivity index (χ4v) is 3.24. The molecule has 0 bridgehead atoms. The summed E-state index contributed by atoms with van der Waals surface area (Å²) in [4.78, 5) is 15.7. The van der Waals surface area contributed by atoms with Crippen LogP contribution in [0.4, 0.5) is 0 Å². The second-order valence-corrected chi connectivity index (χ2v) is 6.04. The standard InChI is InChI=1S/C15H18N4OS/c1-2-7-19(10-11-4-3-8-21-11)15(20)14-12-9-16-6-5-13(12)17-18-14/h2-4,8,16H,1,5-7,9-10H2,(H,17,18). The van der Waals surface area contributed by atoms with Gasteiger partial charge in [-0.05, 0) is 11.4 Å². The summed E-state index contributed by atoms with van der Waals surface area (Å²) in [6.45, 7) is 6.49. The van der Waals surface area contributed by atoms with E-state index in [9.17, 15) is 4.79 Å². The van der Waals surface area contributed by atoms with Crippen LogP contribution in [0.1, 0.15) is 26.6 Å². The molecular formula is C15H18N4OS. The molecule has 0 fully saturated rings. The Kier molecular flexibility index (Phi) is 4.17. The Morgan fingerprint density at radius 3 is 3.24 bits per heavy atom. The fraction of sp³-hybridized carbons (Fsp3) is 0.333. The minimum Gasteiger partial charge on any atom is -0.328 e. The second-order valence-electron chi connectivity index (χ2n) is 5.01. The number of H-pyrrole nitrogens is 1. The molecule has 0 radical (unpaired) electrons. The Morgan fingerprint density at radius 2 is 2.48 bits per heavy atom. The molecule has 5 nitrogen and oxygen atoms in total. The average Bonchev–Trinajstić information content (AvgIpc) is 3.15. The summed E-state index contributed by atoms with van der Waals surface area (Å²) >= 11 is 1.65. The topological polar surface area (TPSA) is 61.0 Å². The Morgan fingerprint density at radius 1 is 1.57 bits per heavy atom. The molecule has 0 unspecified atom stereocenters. The largest absolute Gasteiger partial charge is 0.328 e. The number of thiophene rings is 1. The molecule has 2 N–H and O–H groups in total. The van der Waals surface area contributed by atoms with E-state index in [1.54, 1.807) is 22.3 Å². The Balaban J connectivity index is 1.83. The van der Waals surface area contributed by atoms with Crippen LogP contribution in [0.5, 0.6) is 0 Å². The van der Waals surface area contributed by atoms with E-state index >= 15 is 0 Å². The van der Waals surface area contributed by atoms with Crippen LogP contribution in [0.2, 0.25) is 0 Å². The first kappa shape index (κ1) is 14.0. The van der Waals surface area contributed by atoms with Gasteiger partial charge >= 0.3 is 0 Å². The number of aromatic amines is 1. The molecular weight excluding hydrogens is 284 g/mol. The normalized spacial score (nSPS) is 13.7. The molecule has 1 aliphatic heterocycles. The number of hydrogen-bond donors (Lipinski definition) is 2. The molecule has 0 spiro atoms. The van der Waals surface area contributed by atoms with Crippen LogP contribution in [0, 0.1) is 0 Å². The zero-order chi connectivity index (χ0) is 14.7. The lowest BCUT2D eigenvalue weighted by Gasteiger charge is -2.21. The molecule has 0 aromatic carbocycles. The van der Waals surface area contributed by atoms with Gasteiger partial charge in [0.05, 0.1) is 6.54 Å². The smallest absolute Gasteiger partial charge is 0.275 e. The van der Waals surface area contributed by atoms with Crippen molar-refractivity contribution in [2.24, 2.45) is 0 Å². The third-order valence-corrected chi connectivity index (χ3v) is 4.43. The molecule has 1 amide bonds. The number of aromatic nitrogens is 2. The van der Waals surface area contributed by atoms with Crippen molar-refractivity contribution in [3.05, 3.63) is 52.0 Å². The van der Waals surface area contributed by atoms with Gasteiger partial charge in [0.1, 0.15) is 0 Å². The van der Waals surface area contributed by atoms with Crippen molar-refractivity contribution in [3.8, 4) is 0 Å². The zero-order valence-corrected chi connectivity index (χ0v) is 12.6. The quantitative estimate of drug-likeness (QED) is 0.830. The molecule has 110 valence electrons. The highest BCUT2D eigenvalue weighted by Gasteiger charge is 2.25. The first-order valence-corrected chi connectivity index (χ1v) is 7.87. The van der Waals surface area contributed by atoms with E-state index < -0.39 is 0 Å². The maximum atomic E-state index is 12.8. The van der Waals surface area contributed by atoms with Crippen molar-refractivity contribution in [3.63, 3.8) is 0 Å². The number of carbonyl (C=O) groups excluding carboxylic acids is 1. The number of carbonyl (C=O) groups is 1. The summed E-state index contributed by atoms with van der Waals surface area (Å²) in [6, 6.07) is 4.03. The summed E-state index contributed by atoms with van der Waals surface area (Å²) in [7, 11) is 0. The molecule has 0 saturated heterocycles. The number of amides is 1. The number of hydrogen-bond acceptors (Lipinski definition) is 4. The van der Waals surface area contributed by atoms with Gasteiger partial charge in [0.15, 0.2) is 5.69 Å². The summed E-state index contributed by atoms with van der Waals surface area (Å²) in [6.07, 6.45) is 2.64. The highest BCUT2D eigenvalue weighted by atomic mass is 32.1. The summed E-state index contributed by atoms with van der Waals surface area (Å²) in [5, 5.41) is 12.6. The number of fused-ring (bicyclic) bond motifs is 1. The van der Waals surface area contributed by atoms with Gasteiger partial charge in [0.2, 0.25) is 0 Å². The maximum Gasteiger partial charge on any atom is 0.275 e. The van der Waals surface area contributed by atoms with Gasteiger partial charge in [0, 0.05) is 42.2 Å². The highest BCUT2D eigenvalue weighted by Crippen LogP contribution is 2.19. The van der Waals surface area contributed by atoms with E-state index in [0.717, 1.165) is 29.1 Å². The van der Waals surface area contributed by atoms with Gasteiger partial charge in [-0.15, -0.1) is 17.9 Å². The van der Waals surface area contributed by atoms with Crippen molar-refractivity contribution >= 4 is 17.2 Å². The highest BCUT2D eigenvalue weighted by molar-refractivity contribution is 7.09. The lowest BCUT2D eigenvalue weighted by molar-refractivity contribution is 0.0757. The molecule has 3 rings (SSSR count). The first-order valence-electron chi connectivity index (χ1n) is 6.99. The van der Waals surface area contributed by atoms with E-state index in [2.05, 4.69) is 22.1 Å².